The molecule has 0 bridgehead atoms. The van der Waals surface area contributed by atoms with Crippen LogP contribution in [-0.2, 0) is 0 Å². The van der Waals surface area contributed by atoms with E-state index in [0.29, 0.717) is 30.4 Å². The fourth-order valence-corrected chi connectivity index (χ4v) is 1.70. The lowest BCUT2D eigenvalue weighted by Gasteiger charge is -2.04. The normalized spacial score (nSPS) is 10.1. The van der Waals surface area contributed by atoms with E-state index in [4.69, 9.17) is 10.8 Å². The van der Waals surface area contributed by atoms with Crippen molar-refractivity contribution in [2.45, 2.75) is 12.8 Å². The molecule has 1 N–H and O–H groups in total. The summed E-state index contributed by atoms with van der Waals surface area (Å²) in [5.74, 6) is 2.10. The first-order valence-corrected chi connectivity index (χ1v) is 5.97. The largest absolute Gasteiger partial charge is 0.451 e. The molecule has 4 nitrogen and oxygen atoms in total. The van der Waals surface area contributed by atoms with Crippen molar-refractivity contribution in [1.29, 1.82) is 0 Å². The molecule has 2 rings (SSSR count). The number of para-hydroxylation sites is 1. The smallest absolute Gasteiger partial charge is 0.287 e. The van der Waals surface area contributed by atoms with Crippen LogP contribution in [0.4, 0.5) is 0 Å². The summed E-state index contributed by atoms with van der Waals surface area (Å²) in [5, 5.41) is 3.12. The molecule has 0 aliphatic heterocycles. The van der Waals surface area contributed by atoms with Crippen LogP contribution in [0.3, 0.4) is 0 Å². The van der Waals surface area contributed by atoms with Gasteiger partial charge in [-0.05, 0) is 18.6 Å². The van der Waals surface area contributed by atoms with Gasteiger partial charge in [-0.15, -0.1) is 12.3 Å². The zero-order chi connectivity index (χ0) is 13.7. The van der Waals surface area contributed by atoms with Crippen molar-refractivity contribution >= 4 is 16.9 Å². The molecule has 0 saturated carbocycles. The van der Waals surface area contributed by atoms with Crippen LogP contribution in [-0.4, -0.2) is 12.5 Å². The van der Waals surface area contributed by atoms with Crippen LogP contribution in [0.1, 0.15) is 23.4 Å². The van der Waals surface area contributed by atoms with Gasteiger partial charge in [0.2, 0.25) is 0 Å². The average molecular weight is 255 g/mol. The van der Waals surface area contributed by atoms with Crippen LogP contribution < -0.4 is 10.7 Å². The molecule has 0 atom stereocenters. The Kier molecular flexibility index (Phi) is 3.99. The zero-order valence-electron chi connectivity index (χ0n) is 10.3. The maximum atomic E-state index is 11.8. The maximum Gasteiger partial charge on any atom is 0.287 e. The monoisotopic (exact) mass is 255 g/mol. The Morgan fingerprint density at radius 3 is 2.95 bits per heavy atom. The van der Waals surface area contributed by atoms with Gasteiger partial charge in [0.05, 0.1) is 5.39 Å². The van der Waals surface area contributed by atoms with E-state index in [9.17, 15) is 9.59 Å². The molecule has 0 radical (unpaired) electrons. The lowest BCUT2D eigenvalue weighted by atomic mass is 10.2. The van der Waals surface area contributed by atoms with Gasteiger partial charge >= 0.3 is 0 Å². The van der Waals surface area contributed by atoms with Crippen LogP contribution in [0.15, 0.2) is 39.5 Å². The van der Waals surface area contributed by atoms with Gasteiger partial charge in [-0.25, -0.2) is 0 Å². The van der Waals surface area contributed by atoms with E-state index in [2.05, 4.69) is 11.2 Å². The van der Waals surface area contributed by atoms with E-state index < -0.39 is 5.91 Å². The minimum atomic E-state index is -0.403. The summed E-state index contributed by atoms with van der Waals surface area (Å²) in [6, 6.07) is 8.03. The van der Waals surface area contributed by atoms with Gasteiger partial charge in [-0.3, -0.25) is 9.59 Å². The molecule has 4 heteroatoms. The van der Waals surface area contributed by atoms with Gasteiger partial charge in [0.25, 0.3) is 5.91 Å². The minimum Gasteiger partial charge on any atom is -0.451 e. The number of terminal acetylenes is 1. The van der Waals surface area contributed by atoms with Gasteiger partial charge in [-0.1, -0.05) is 12.1 Å². The number of hydrogen-bond donors (Lipinski definition) is 1. The third kappa shape index (κ3) is 3.02. The molecular weight excluding hydrogens is 242 g/mol. The van der Waals surface area contributed by atoms with E-state index in [1.54, 1.807) is 24.3 Å². The van der Waals surface area contributed by atoms with Crippen molar-refractivity contribution in [3.63, 3.8) is 0 Å². The molecular formula is C15H13NO3. The summed E-state index contributed by atoms with van der Waals surface area (Å²) in [6.07, 6.45) is 6.41. The maximum absolute atomic E-state index is 11.8. The highest BCUT2D eigenvalue weighted by Crippen LogP contribution is 2.11. The van der Waals surface area contributed by atoms with Crippen LogP contribution in [0.2, 0.25) is 0 Å². The lowest BCUT2D eigenvalue weighted by molar-refractivity contribution is 0.0926. The fourth-order valence-electron chi connectivity index (χ4n) is 1.70. The number of fused-ring (bicyclic) bond motifs is 1. The zero-order valence-corrected chi connectivity index (χ0v) is 10.3. The standard InChI is InChI=1S/C15H13NO3/c1-2-3-6-9-16-15(18)14-10-12(17)11-7-4-5-8-13(11)19-14/h1,4-5,7-8,10H,3,6,9H2,(H,16,18). The van der Waals surface area contributed by atoms with Gasteiger partial charge < -0.3 is 9.73 Å². The summed E-state index contributed by atoms with van der Waals surface area (Å²) >= 11 is 0. The molecule has 19 heavy (non-hydrogen) atoms. The lowest BCUT2D eigenvalue weighted by Crippen LogP contribution is -2.25. The Hall–Kier alpha value is -2.54. The van der Waals surface area contributed by atoms with E-state index in [1.165, 1.54) is 6.07 Å². The first-order chi connectivity index (χ1) is 9.22. The molecule has 1 aromatic heterocycles. The van der Waals surface area contributed by atoms with Gasteiger partial charge in [0.1, 0.15) is 5.58 Å². The number of nitrogens with one attached hydrogen (secondary N) is 1. The molecule has 0 aliphatic carbocycles. The third-order valence-electron chi connectivity index (χ3n) is 2.64. The number of hydrogen-bond acceptors (Lipinski definition) is 3. The van der Waals surface area contributed by atoms with Crippen LogP contribution in [0, 0.1) is 12.3 Å². The Bertz CT molecular complexity index is 694. The van der Waals surface area contributed by atoms with Crippen LogP contribution in [0.25, 0.3) is 11.0 Å². The SMILES string of the molecule is C#CCCCNC(=O)c1cc(=O)c2ccccc2o1. The summed E-state index contributed by atoms with van der Waals surface area (Å²) in [6.45, 7) is 0.458. The van der Waals surface area contributed by atoms with E-state index in [1.807, 2.05) is 0 Å². The van der Waals surface area contributed by atoms with Gasteiger partial charge in [0.15, 0.2) is 11.2 Å². The third-order valence-corrected chi connectivity index (χ3v) is 2.64. The summed E-state index contributed by atoms with van der Waals surface area (Å²) in [5.41, 5.74) is 0.180. The van der Waals surface area contributed by atoms with Gasteiger partial charge in [0, 0.05) is 19.0 Å². The first kappa shape index (κ1) is 12.9. The summed E-state index contributed by atoms with van der Waals surface area (Å²) in [4.78, 5) is 23.6. The second-order valence-electron chi connectivity index (χ2n) is 4.03. The highest BCUT2D eigenvalue weighted by Gasteiger charge is 2.11. The molecule has 96 valence electrons. The number of unbranched alkanes of at least 4 members (excludes halogenated alkanes) is 1. The summed E-state index contributed by atoms with van der Waals surface area (Å²) < 4.78 is 5.41. The van der Waals surface area contributed by atoms with Gasteiger partial charge in [-0.2, -0.15) is 0 Å². The van der Waals surface area contributed by atoms with Crippen molar-refractivity contribution in [1.82, 2.24) is 5.32 Å². The average Bonchev–Trinajstić information content (AvgIpc) is 2.43. The fraction of sp³-hybridized carbons (Fsp3) is 0.200. The van der Waals surface area contributed by atoms with Crippen molar-refractivity contribution in [3.05, 3.63) is 46.3 Å². The predicted molar refractivity (Wildman–Crippen MR) is 72.9 cm³/mol. The molecule has 2 aromatic rings. The Labute approximate surface area is 110 Å². The Balaban J connectivity index is 2.19. The second-order valence-corrected chi connectivity index (χ2v) is 4.03. The molecule has 1 heterocycles. The number of rotatable bonds is 4. The first-order valence-electron chi connectivity index (χ1n) is 5.97. The quantitative estimate of drug-likeness (QED) is 0.671. The summed E-state index contributed by atoms with van der Waals surface area (Å²) in [7, 11) is 0. The number of carbonyl (C=O) groups excluding carboxylic acids is 1. The molecule has 0 saturated heterocycles. The van der Waals surface area contributed by atoms with E-state index >= 15 is 0 Å². The minimum absolute atomic E-state index is 0.0180. The Morgan fingerprint density at radius 1 is 1.37 bits per heavy atom. The molecule has 1 aromatic carbocycles. The predicted octanol–water partition coefficient (Wildman–Crippen LogP) is 1.94. The highest BCUT2D eigenvalue weighted by atomic mass is 16.3. The van der Waals surface area contributed by atoms with E-state index in [0.717, 1.165) is 0 Å². The van der Waals surface area contributed by atoms with Crippen molar-refractivity contribution < 1.29 is 9.21 Å². The van der Waals surface area contributed by atoms with Crippen molar-refractivity contribution in [2.75, 3.05) is 6.54 Å². The number of carbonyl (C=O) groups is 1. The van der Waals surface area contributed by atoms with Crippen molar-refractivity contribution in [2.24, 2.45) is 0 Å². The van der Waals surface area contributed by atoms with Crippen LogP contribution >= 0.6 is 0 Å². The Morgan fingerprint density at radius 2 is 2.16 bits per heavy atom. The van der Waals surface area contributed by atoms with E-state index in [-0.39, 0.29) is 11.2 Å². The topological polar surface area (TPSA) is 59.3 Å². The molecule has 1 amide bonds. The van der Waals surface area contributed by atoms with Crippen LogP contribution in [0.5, 0.6) is 0 Å². The number of amides is 1. The molecule has 0 fully saturated rings. The highest BCUT2D eigenvalue weighted by molar-refractivity contribution is 5.93. The number of benzene rings is 1. The molecule has 0 unspecified atom stereocenters. The molecule has 0 spiro atoms. The van der Waals surface area contributed by atoms with Crippen molar-refractivity contribution in [3.8, 4) is 12.3 Å². The second kappa shape index (κ2) is 5.87. The molecule has 0 aliphatic rings.